The molecule has 0 radical (unpaired) electrons. The van der Waals surface area contributed by atoms with E-state index in [4.69, 9.17) is 5.11 Å². The van der Waals surface area contributed by atoms with Crippen molar-refractivity contribution in [2.75, 3.05) is 13.6 Å². The molecule has 1 fully saturated rings. The van der Waals surface area contributed by atoms with Gasteiger partial charge in [-0.25, -0.2) is 4.79 Å². The normalized spacial score (nSPS) is 15.9. The van der Waals surface area contributed by atoms with Crippen molar-refractivity contribution in [3.8, 4) is 0 Å². The van der Waals surface area contributed by atoms with Crippen molar-refractivity contribution in [1.82, 2.24) is 15.5 Å². The van der Waals surface area contributed by atoms with Crippen LogP contribution in [0.15, 0.2) is 0 Å². The van der Waals surface area contributed by atoms with Crippen LogP contribution in [0.3, 0.4) is 0 Å². The van der Waals surface area contributed by atoms with Crippen molar-refractivity contribution in [3.63, 3.8) is 0 Å². The molecule has 7 heteroatoms. The third-order valence-corrected chi connectivity index (χ3v) is 2.53. The van der Waals surface area contributed by atoms with Crippen LogP contribution in [0.5, 0.6) is 0 Å². The van der Waals surface area contributed by atoms with Gasteiger partial charge in [-0.3, -0.25) is 9.59 Å². The zero-order chi connectivity index (χ0) is 13.0. The van der Waals surface area contributed by atoms with Crippen molar-refractivity contribution < 1.29 is 19.5 Å². The summed E-state index contributed by atoms with van der Waals surface area (Å²) in [6.07, 6.45) is 1.63. The van der Waals surface area contributed by atoms with Gasteiger partial charge < -0.3 is 20.6 Å². The summed E-state index contributed by atoms with van der Waals surface area (Å²) < 4.78 is 0. The highest BCUT2D eigenvalue weighted by Crippen LogP contribution is 2.26. The van der Waals surface area contributed by atoms with Crippen LogP contribution in [0.1, 0.15) is 19.8 Å². The molecule has 7 nitrogen and oxygen atoms in total. The molecule has 1 rings (SSSR count). The maximum Gasteiger partial charge on any atom is 0.323 e. The quantitative estimate of drug-likeness (QED) is 0.599. The lowest BCUT2D eigenvalue weighted by Gasteiger charge is -2.22. The van der Waals surface area contributed by atoms with E-state index in [1.165, 1.54) is 11.9 Å². The summed E-state index contributed by atoms with van der Waals surface area (Å²) >= 11 is 0. The van der Waals surface area contributed by atoms with Crippen LogP contribution in [0.2, 0.25) is 0 Å². The first-order chi connectivity index (χ1) is 7.95. The van der Waals surface area contributed by atoms with Gasteiger partial charge in [-0.15, -0.1) is 0 Å². The Labute approximate surface area is 99.2 Å². The molecule has 0 aliphatic heterocycles. The molecule has 0 aromatic heterocycles. The molecule has 0 bridgehead atoms. The Balaban J connectivity index is 2.53. The van der Waals surface area contributed by atoms with Crippen LogP contribution >= 0.6 is 0 Å². The third-order valence-electron chi connectivity index (χ3n) is 2.53. The monoisotopic (exact) mass is 243 g/mol. The number of likely N-dealkylation sites (N-methyl/N-ethyl adjacent to an activating group) is 1. The molecule has 1 unspecified atom stereocenters. The molecule has 1 aliphatic carbocycles. The maximum absolute atomic E-state index is 11.8. The van der Waals surface area contributed by atoms with E-state index in [2.05, 4.69) is 10.6 Å². The molecule has 0 heterocycles. The number of rotatable bonds is 5. The number of urea groups is 1. The summed E-state index contributed by atoms with van der Waals surface area (Å²) in [6, 6.07) is -1.20. The fraction of sp³-hybridized carbons (Fsp3) is 0.700. The Bertz CT molecular complexity index is 328. The van der Waals surface area contributed by atoms with Gasteiger partial charge in [0, 0.05) is 13.1 Å². The van der Waals surface area contributed by atoms with E-state index in [0.717, 1.165) is 12.8 Å². The Morgan fingerprint density at radius 3 is 2.41 bits per heavy atom. The first kappa shape index (κ1) is 13.3. The smallest absolute Gasteiger partial charge is 0.323 e. The Morgan fingerprint density at radius 2 is 2.00 bits per heavy atom. The lowest BCUT2D eigenvalue weighted by atomic mass is 10.3. The molecular weight excluding hydrogens is 226 g/mol. The van der Waals surface area contributed by atoms with Crippen molar-refractivity contribution in [2.24, 2.45) is 0 Å². The number of nitrogens with one attached hydrogen (secondary N) is 2. The van der Waals surface area contributed by atoms with Gasteiger partial charge in [0.05, 0.1) is 0 Å². The van der Waals surface area contributed by atoms with Gasteiger partial charge >= 0.3 is 12.0 Å². The van der Waals surface area contributed by atoms with Crippen LogP contribution in [-0.2, 0) is 9.59 Å². The largest absolute Gasteiger partial charge is 0.480 e. The number of hydrogen-bond acceptors (Lipinski definition) is 3. The fourth-order valence-corrected chi connectivity index (χ4v) is 1.45. The van der Waals surface area contributed by atoms with E-state index in [-0.39, 0.29) is 18.5 Å². The number of amides is 3. The van der Waals surface area contributed by atoms with Gasteiger partial charge in [0.15, 0.2) is 0 Å². The summed E-state index contributed by atoms with van der Waals surface area (Å²) in [5.74, 6) is -1.37. The van der Waals surface area contributed by atoms with Gasteiger partial charge in [-0.05, 0) is 19.8 Å². The second-order valence-electron chi connectivity index (χ2n) is 4.04. The average molecular weight is 243 g/mol. The van der Waals surface area contributed by atoms with E-state index in [1.807, 2.05) is 0 Å². The van der Waals surface area contributed by atoms with Crippen LogP contribution in [0, 0.1) is 0 Å². The minimum absolute atomic E-state index is 0.0111. The number of carbonyl (C=O) groups excluding carboxylic acids is 2. The topological polar surface area (TPSA) is 98.7 Å². The second kappa shape index (κ2) is 5.51. The molecule has 1 saturated carbocycles. The Hall–Kier alpha value is -1.79. The molecule has 0 spiro atoms. The lowest BCUT2D eigenvalue weighted by molar-refractivity contribution is -0.137. The number of nitrogens with zero attached hydrogens (tertiary/aromatic N) is 1. The molecule has 0 aromatic rings. The molecule has 96 valence electrons. The lowest BCUT2D eigenvalue weighted by Crippen LogP contribution is -2.51. The zero-order valence-electron chi connectivity index (χ0n) is 9.90. The maximum atomic E-state index is 11.8. The molecule has 0 saturated heterocycles. The van der Waals surface area contributed by atoms with Gasteiger partial charge in [0.2, 0.25) is 5.91 Å². The molecule has 1 aliphatic rings. The SMILES string of the molecule is CNC(=O)C(C)NC(=O)N(CC(=O)O)C1CC1. The highest BCUT2D eigenvalue weighted by molar-refractivity contribution is 5.87. The first-order valence-electron chi connectivity index (χ1n) is 5.46. The predicted molar refractivity (Wildman–Crippen MR) is 59.4 cm³/mol. The van der Waals surface area contributed by atoms with Crippen LogP contribution in [0.4, 0.5) is 4.79 Å². The Kier molecular flexibility index (Phi) is 4.30. The summed E-state index contributed by atoms with van der Waals surface area (Å²) in [6.45, 7) is 1.21. The minimum Gasteiger partial charge on any atom is -0.480 e. The molecular formula is C10H17N3O4. The van der Waals surface area contributed by atoms with Crippen LogP contribution in [0.25, 0.3) is 0 Å². The first-order valence-corrected chi connectivity index (χ1v) is 5.46. The molecule has 17 heavy (non-hydrogen) atoms. The van der Waals surface area contributed by atoms with Gasteiger partial charge in [-0.1, -0.05) is 0 Å². The summed E-state index contributed by atoms with van der Waals surface area (Å²) in [4.78, 5) is 34.9. The second-order valence-corrected chi connectivity index (χ2v) is 4.04. The van der Waals surface area contributed by atoms with E-state index < -0.39 is 18.0 Å². The summed E-state index contributed by atoms with van der Waals surface area (Å²) in [5, 5.41) is 13.6. The number of carboxylic acid groups (broad SMARTS) is 1. The van der Waals surface area contributed by atoms with E-state index in [0.29, 0.717) is 0 Å². The number of aliphatic carboxylic acids is 1. The molecule has 0 aromatic carbocycles. The van der Waals surface area contributed by atoms with Gasteiger partial charge in [-0.2, -0.15) is 0 Å². The van der Waals surface area contributed by atoms with Crippen molar-refractivity contribution in [1.29, 1.82) is 0 Å². The number of carbonyl (C=O) groups is 3. The van der Waals surface area contributed by atoms with Gasteiger partial charge in [0.25, 0.3) is 0 Å². The van der Waals surface area contributed by atoms with Crippen molar-refractivity contribution >= 4 is 17.9 Å². The summed E-state index contributed by atoms with van der Waals surface area (Å²) in [5.41, 5.74) is 0. The van der Waals surface area contributed by atoms with Crippen molar-refractivity contribution in [2.45, 2.75) is 31.8 Å². The average Bonchev–Trinajstić information content (AvgIpc) is 3.07. The summed E-state index contributed by atoms with van der Waals surface area (Å²) in [7, 11) is 1.47. The zero-order valence-corrected chi connectivity index (χ0v) is 9.90. The molecule has 3 N–H and O–H groups in total. The minimum atomic E-state index is -1.06. The van der Waals surface area contributed by atoms with Gasteiger partial charge in [0.1, 0.15) is 12.6 Å². The fourth-order valence-electron chi connectivity index (χ4n) is 1.45. The van der Waals surface area contributed by atoms with Crippen molar-refractivity contribution in [3.05, 3.63) is 0 Å². The number of hydrogen-bond donors (Lipinski definition) is 3. The highest BCUT2D eigenvalue weighted by Gasteiger charge is 2.34. The van der Waals surface area contributed by atoms with E-state index in [1.54, 1.807) is 6.92 Å². The van der Waals surface area contributed by atoms with E-state index in [9.17, 15) is 14.4 Å². The molecule has 1 atom stereocenters. The number of carboxylic acids is 1. The van der Waals surface area contributed by atoms with Crippen LogP contribution < -0.4 is 10.6 Å². The van der Waals surface area contributed by atoms with E-state index >= 15 is 0 Å². The molecule has 3 amide bonds. The standard InChI is InChI=1S/C10H17N3O4/c1-6(9(16)11-2)12-10(17)13(5-8(14)15)7-3-4-7/h6-7H,3-5H2,1-2H3,(H,11,16)(H,12,17)(H,14,15). The highest BCUT2D eigenvalue weighted by atomic mass is 16.4. The predicted octanol–water partition coefficient (Wildman–Crippen LogP) is -0.620. The van der Waals surface area contributed by atoms with Crippen LogP contribution in [-0.4, -0.2) is 53.6 Å². The Morgan fingerprint density at radius 1 is 1.41 bits per heavy atom. The third kappa shape index (κ3) is 3.93.